The van der Waals surface area contributed by atoms with Crippen LogP contribution in [-0.2, 0) is 29.6 Å². The van der Waals surface area contributed by atoms with Crippen molar-refractivity contribution in [3.63, 3.8) is 0 Å². The number of benzene rings is 2. The zero-order valence-electron chi connectivity index (χ0n) is 18.0. The molecule has 1 spiro atoms. The highest BCUT2D eigenvalue weighted by Gasteiger charge is 2.51. The zero-order valence-corrected chi connectivity index (χ0v) is 18.0. The predicted molar refractivity (Wildman–Crippen MR) is 128 cm³/mol. The van der Waals surface area contributed by atoms with E-state index in [2.05, 4.69) is 38.8 Å². The zero-order chi connectivity index (χ0) is 22.9. The second kappa shape index (κ2) is 6.77. The Morgan fingerprint density at radius 2 is 1.91 bits per heavy atom. The summed E-state index contributed by atoms with van der Waals surface area (Å²) in [6.45, 7) is 0.479. The molecule has 0 saturated heterocycles. The number of rotatable bonds is 3. The van der Waals surface area contributed by atoms with E-state index in [0.29, 0.717) is 36.3 Å². The van der Waals surface area contributed by atoms with Gasteiger partial charge in [-0.25, -0.2) is 9.78 Å². The highest BCUT2D eigenvalue weighted by atomic mass is 16.4. The first kappa shape index (κ1) is 19.0. The molecule has 1 aliphatic heterocycles. The van der Waals surface area contributed by atoms with Gasteiger partial charge >= 0.3 is 5.76 Å². The van der Waals surface area contributed by atoms with Crippen molar-refractivity contribution in [2.24, 2.45) is 0 Å². The molecule has 2 aromatic carbocycles. The SMILES string of the molecule is O=C1Nc2ncccc2C12Cc1cc3ccc(CNc4cccc5[nH]c(=O)oc45)nc3cc1C2. The van der Waals surface area contributed by atoms with E-state index in [-0.39, 0.29) is 5.91 Å². The molecule has 8 nitrogen and oxygen atoms in total. The summed E-state index contributed by atoms with van der Waals surface area (Å²) in [5.74, 6) is 0.212. The Morgan fingerprint density at radius 3 is 2.82 bits per heavy atom. The minimum absolute atomic E-state index is 0.0184. The Labute approximate surface area is 193 Å². The van der Waals surface area contributed by atoms with E-state index in [4.69, 9.17) is 9.40 Å². The van der Waals surface area contributed by atoms with Gasteiger partial charge in [-0.1, -0.05) is 18.2 Å². The third kappa shape index (κ3) is 2.71. The van der Waals surface area contributed by atoms with Crippen molar-refractivity contribution in [3.8, 4) is 0 Å². The van der Waals surface area contributed by atoms with Gasteiger partial charge < -0.3 is 15.1 Å². The summed E-state index contributed by atoms with van der Waals surface area (Å²) in [7, 11) is 0. The number of oxazole rings is 1. The molecule has 0 fully saturated rings. The molecule has 3 N–H and O–H groups in total. The van der Waals surface area contributed by atoms with Gasteiger partial charge in [0.1, 0.15) is 5.82 Å². The normalized spacial score (nSPS) is 18.4. The number of para-hydroxylation sites is 1. The van der Waals surface area contributed by atoms with Crippen molar-refractivity contribution < 1.29 is 9.21 Å². The van der Waals surface area contributed by atoms with Crippen LogP contribution < -0.4 is 16.4 Å². The molecule has 8 heteroatoms. The maximum Gasteiger partial charge on any atom is 0.417 e. The van der Waals surface area contributed by atoms with Gasteiger partial charge in [0.25, 0.3) is 0 Å². The highest BCUT2D eigenvalue weighted by molar-refractivity contribution is 6.06. The number of pyridine rings is 2. The number of amides is 1. The average molecular weight is 449 g/mol. The second-order valence-corrected chi connectivity index (χ2v) is 8.96. The van der Waals surface area contributed by atoms with E-state index in [0.717, 1.165) is 33.4 Å². The third-order valence-electron chi connectivity index (χ3n) is 6.95. The van der Waals surface area contributed by atoms with Gasteiger partial charge in [-0.3, -0.25) is 14.8 Å². The fourth-order valence-corrected chi connectivity index (χ4v) is 5.33. The minimum atomic E-state index is -0.590. The summed E-state index contributed by atoms with van der Waals surface area (Å²) in [6.07, 6.45) is 3.01. The van der Waals surface area contributed by atoms with Crippen molar-refractivity contribution >= 4 is 39.4 Å². The monoisotopic (exact) mass is 449 g/mol. The Morgan fingerprint density at radius 1 is 1.03 bits per heavy atom. The molecule has 0 bridgehead atoms. The summed E-state index contributed by atoms with van der Waals surface area (Å²) >= 11 is 0. The molecular weight excluding hydrogens is 430 g/mol. The molecule has 1 atom stereocenters. The lowest BCUT2D eigenvalue weighted by Gasteiger charge is -2.20. The quantitative estimate of drug-likeness (QED) is 0.387. The Kier molecular flexibility index (Phi) is 3.79. The van der Waals surface area contributed by atoms with Crippen molar-refractivity contribution in [3.05, 3.63) is 93.7 Å². The number of nitrogens with one attached hydrogen (secondary N) is 3. The lowest BCUT2D eigenvalue weighted by Crippen LogP contribution is -2.35. The topological polar surface area (TPSA) is 113 Å². The van der Waals surface area contributed by atoms with Gasteiger partial charge in [0.05, 0.1) is 34.4 Å². The van der Waals surface area contributed by atoms with E-state index in [9.17, 15) is 9.59 Å². The van der Waals surface area contributed by atoms with Crippen LogP contribution in [0.1, 0.15) is 22.4 Å². The van der Waals surface area contributed by atoms with Gasteiger partial charge in [-0.2, -0.15) is 0 Å². The van der Waals surface area contributed by atoms with E-state index < -0.39 is 11.2 Å². The number of nitrogens with zero attached hydrogens (tertiary/aromatic N) is 2. The van der Waals surface area contributed by atoms with Gasteiger partial charge in [0, 0.05) is 17.1 Å². The summed E-state index contributed by atoms with van der Waals surface area (Å²) in [4.78, 5) is 36.4. The standard InChI is InChI=1S/C26H19N5O3/c32-24-26(18-3-2-8-27-23(18)31-24)11-15-9-14-6-7-17(29-21(14)10-16(15)12-26)13-28-19-4-1-5-20-22(19)34-25(33)30-20/h1-10,28H,11-13H2,(H,30,33)(H,27,31,32). The minimum Gasteiger partial charge on any atom is -0.406 e. The lowest BCUT2D eigenvalue weighted by molar-refractivity contribution is -0.120. The van der Waals surface area contributed by atoms with Gasteiger partial charge in [0.2, 0.25) is 5.91 Å². The summed E-state index contributed by atoms with van der Waals surface area (Å²) in [6, 6.07) is 17.7. The molecule has 7 rings (SSSR count). The van der Waals surface area contributed by atoms with Crippen LogP contribution in [0.5, 0.6) is 0 Å². The largest absolute Gasteiger partial charge is 0.417 e. The highest BCUT2D eigenvalue weighted by Crippen LogP contribution is 2.47. The van der Waals surface area contributed by atoms with Crippen LogP contribution in [0, 0.1) is 0 Å². The maximum atomic E-state index is 13.0. The number of hydrogen-bond donors (Lipinski definition) is 3. The molecule has 166 valence electrons. The molecule has 1 unspecified atom stereocenters. The lowest BCUT2D eigenvalue weighted by atomic mass is 9.79. The van der Waals surface area contributed by atoms with Gasteiger partial charge in [-0.15, -0.1) is 0 Å². The van der Waals surface area contributed by atoms with Crippen LogP contribution in [0.4, 0.5) is 11.5 Å². The number of anilines is 2. The summed E-state index contributed by atoms with van der Waals surface area (Å²) in [5, 5.41) is 7.32. The van der Waals surface area contributed by atoms with E-state index in [1.807, 2.05) is 30.3 Å². The van der Waals surface area contributed by atoms with Crippen molar-refractivity contribution in [1.82, 2.24) is 15.0 Å². The van der Waals surface area contributed by atoms with Crippen LogP contribution in [0.15, 0.2) is 70.0 Å². The molecule has 5 aromatic rings. The van der Waals surface area contributed by atoms with Crippen molar-refractivity contribution in [1.29, 1.82) is 0 Å². The number of H-pyrrole nitrogens is 1. The molecule has 1 amide bonds. The molecule has 4 heterocycles. The number of hydrogen-bond acceptors (Lipinski definition) is 6. The molecule has 34 heavy (non-hydrogen) atoms. The van der Waals surface area contributed by atoms with Crippen LogP contribution in [-0.4, -0.2) is 20.9 Å². The van der Waals surface area contributed by atoms with Crippen molar-refractivity contribution in [2.75, 3.05) is 10.6 Å². The predicted octanol–water partition coefficient (Wildman–Crippen LogP) is 3.67. The van der Waals surface area contributed by atoms with Gasteiger partial charge in [-0.05, 0) is 60.4 Å². The first-order valence-corrected chi connectivity index (χ1v) is 11.1. The molecule has 2 aliphatic rings. The number of aromatic amines is 1. The molecule has 1 aliphatic carbocycles. The summed E-state index contributed by atoms with van der Waals surface area (Å²) in [5.41, 5.74) is 6.36. The van der Waals surface area contributed by atoms with E-state index in [1.54, 1.807) is 12.3 Å². The Bertz CT molecular complexity index is 1700. The van der Waals surface area contributed by atoms with E-state index >= 15 is 0 Å². The van der Waals surface area contributed by atoms with Crippen LogP contribution in [0.2, 0.25) is 0 Å². The number of carbonyl (C=O) groups is 1. The van der Waals surface area contributed by atoms with Crippen LogP contribution in [0.25, 0.3) is 22.0 Å². The smallest absolute Gasteiger partial charge is 0.406 e. The van der Waals surface area contributed by atoms with Crippen molar-refractivity contribution in [2.45, 2.75) is 24.8 Å². The maximum absolute atomic E-state index is 13.0. The second-order valence-electron chi connectivity index (χ2n) is 8.96. The number of aromatic nitrogens is 3. The Balaban J connectivity index is 1.20. The Hall–Kier alpha value is -4.46. The van der Waals surface area contributed by atoms with Crippen LogP contribution in [0.3, 0.4) is 0 Å². The van der Waals surface area contributed by atoms with Crippen LogP contribution >= 0.6 is 0 Å². The molecular formula is C26H19N5O3. The molecule has 0 radical (unpaired) electrons. The number of fused-ring (bicyclic) bond motifs is 5. The fourth-order valence-electron chi connectivity index (χ4n) is 5.33. The molecule has 0 saturated carbocycles. The van der Waals surface area contributed by atoms with Gasteiger partial charge in [0.15, 0.2) is 5.58 Å². The van der Waals surface area contributed by atoms with E-state index in [1.165, 1.54) is 5.56 Å². The first-order valence-electron chi connectivity index (χ1n) is 11.1. The summed E-state index contributed by atoms with van der Waals surface area (Å²) < 4.78 is 5.26. The average Bonchev–Trinajstić information content (AvgIpc) is 3.49. The number of carbonyl (C=O) groups excluding carboxylic acids is 1. The fraction of sp³-hybridized carbons (Fsp3) is 0.154. The molecule has 3 aromatic heterocycles. The third-order valence-corrected chi connectivity index (χ3v) is 6.95. The first-order chi connectivity index (χ1) is 16.6.